The van der Waals surface area contributed by atoms with Gasteiger partial charge in [0.1, 0.15) is 5.82 Å². The van der Waals surface area contributed by atoms with E-state index < -0.39 is 0 Å². The van der Waals surface area contributed by atoms with Gasteiger partial charge in [-0.05, 0) is 44.0 Å². The molecule has 0 aliphatic carbocycles. The fraction of sp³-hybridized carbons (Fsp3) is 0.533. The Morgan fingerprint density at radius 2 is 2.32 bits per heavy atom. The van der Waals surface area contributed by atoms with E-state index in [4.69, 9.17) is 16.6 Å². The number of halogens is 1. The lowest BCUT2D eigenvalue weighted by atomic mass is 9.77. The molecule has 1 N–H and O–H groups in total. The molecule has 0 bridgehead atoms. The van der Waals surface area contributed by atoms with E-state index in [0.717, 1.165) is 35.6 Å². The molecule has 3 rings (SSSR count). The first-order valence-corrected chi connectivity index (χ1v) is 7.37. The third-order valence-electron chi connectivity index (χ3n) is 4.47. The van der Waals surface area contributed by atoms with E-state index in [1.165, 1.54) is 18.7 Å². The average Bonchev–Trinajstić information content (AvgIpc) is 2.77. The van der Waals surface area contributed by atoms with E-state index >= 15 is 0 Å². The van der Waals surface area contributed by atoms with Gasteiger partial charge in [-0.3, -0.25) is 0 Å². The van der Waals surface area contributed by atoms with Gasteiger partial charge >= 0.3 is 0 Å². The zero-order valence-corrected chi connectivity index (χ0v) is 12.3. The minimum atomic E-state index is 0.165. The molecule has 19 heavy (non-hydrogen) atoms. The molecule has 1 fully saturated rings. The Bertz CT molecular complexity index is 597. The summed E-state index contributed by atoms with van der Waals surface area (Å²) in [5, 5.41) is 4.28. The van der Waals surface area contributed by atoms with Gasteiger partial charge in [-0.25, -0.2) is 4.98 Å². The van der Waals surface area contributed by atoms with E-state index in [0.29, 0.717) is 0 Å². The van der Waals surface area contributed by atoms with Crippen molar-refractivity contribution in [1.82, 2.24) is 14.9 Å². The van der Waals surface area contributed by atoms with Crippen molar-refractivity contribution in [2.75, 3.05) is 13.1 Å². The minimum Gasteiger partial charge on any atom is -0.331 e. The van der Waals surface area contributed by atoms with Crippen LogP contribution in [0.2, 0.25) is 5.02 Å². The van der Waals surface area contributed by atoms with Crippen molar-refractivity contribution in [3.63, 3.8) is 0 Å². The molecule has 0 amide bonds. The lowest BCUT2D eigenvalue weighted by molar-refractivity contribution is 0.283. The van der Waals surface area contributed by atoms with E-state index in [2.05, 4.69) is 29.9 Å². The van der Waals surface area contributed by atoms with E-state index in [-0.39, 0.29) is 5.41 Å². The normalized spacial score (nSPS) is 23.9. The number of hydrogen-bond donors (Lipinski definition) is 1. The number of fused-ring (bicyclic) bond motifs is 1. The highest BCUT2D eigenvalue weighted by Gasteiger charge is 2.36. The largest absolute Gasteiger partial charge is 0.331 e. The molecule has 1 aromatic heterocycles. The van der Waals surface area contributed by atoms with Gasteiger partial charge in [0.05, 0.1) is 11.0 Å². The number of hydrogen-bond acceptors (Lipinski definition) is 2. The fourth-order valence-corrected chi connectivity index (χ4v) is 3.43. The Morgan fingerprint density at radius 1 is 1.47 bits per heavy atom. The third kappa shape index (κ3) is 2.05. The smallest absolute Gasteiger partial charge is 0.117 e. The van der Waals surface area contributed by atoms with Crippen LogP contribution >= 0.6 is 11.6 Å². The zero-order chi connectivity index (χ0) is 13.5. The summed E-state index contributed by atoms with van der Waals surface area (Å²) in [6.07, 6.45) is 3.55. The standard InChI is InChI=1S/C15H20ClN3/c1-3-15(7-4-8-17-10-15)14-18-12-9-11(16)5-6-13(12)19(14)2/h5-6,9,17H,3-4,7-8,10H2,1-2H3. The van der Waals surface area contributed by atoms with E-state index in [1.807, 2.05) is 12.1 Å². The number of imidazole rings is 1. The van der Waals surface area contributed by atoms with Crippen molar-refractivity contribution in [3.05, 3.63) is 29.0 Å². The number of nitrogens with zero attached hydrogens (tertiary/aromatic N) is 2. The van der Waals surface area contributed by atoms with Gasteiger partial charge in [-0.15, -0.1) is 0 Å². The van der Waals surface area contributed by atoms with Gasteiger partial charge in [-0.2, -0.15) is 0 Å². The molecule has 2 heterocycles. The van der Waals surface area contributed by atoms with Gasteiger partial charge in [0, 0.05) is 24.0 Å². The summed E-state index contributed by atoms with van der Waals surface area (Å²) in [6.45, 7) is 4.41. The SMILES string of the molecule is CCC1(c2nc3cc(Cl)ccc3n2C)CCCNC1. The van der Waals surface area contributed by atoms with Gasteiger partial charge in [0.2, 0.25) is 0 Å². The Labute approximate surface area is 119 Å². The Hall–Kier alpha value is -1.06. The summed E-state index contributed by atoms with van der Waals surface area (Å²) in [5.41, 5.74) is 2.33. The predicted octanol–water partition coefficient (Wildman–Crippen LogP) is 3.26. The molecule has 1 aliphatic heterocycles. The van der Waals surface area contributed by atoms with Crippen LogP contribution in [0.25, 0.3) is 11.0 Å². The quantitative estimate of drug-likeness (QED) is 0.913. The molecule has 2 aromatic rings. The fourth-order valence-electron chi connectivity index (χ4n) is 3.27. The summed E-state index contributed by atoms with van der Waals surface area (Å²) < 4.78 is 2.24. The van der Waals surface area contributed by atoms with Crippen LogP contribution in [0, 0.1) is 0 Å². The zero-order valence-electron chi connectivity index (χ0n) is 11.5. The molecule has 1 aromatic carbocycles. The van der Waals surface area contributed by atoms with Crippen LogP contribution in [-0.4, -0.2) is 22.6 Å². The Morgan fingerprint density at radius 3 is 3.00 bits per heavy atom. The number of rotatable bonds is 2. The lowest BCUT2D eigenvalue weighted by Crippen LogP contribution is -2.44. The van der Waals surface area contributed by atoms with Crippen molar-refractivity contribution in [3.8, 4) is 0 Å². The summed E-state index contributed by atoms with van der Waals surface area (Å²) in [7, 11) is 2.12. The second kappa shape index (κ2) is 4.80. The van der Waals surface area contributed by atoms with Crippen LogP contribution in [0.15, 0.2) is 18.2 Å². The highest BCUT2D eigenvalue weighted by atomic mass is 35.5. The summed E-state index contributed by atoms with van der Waals surface area (Å²) in [5.74, 6) is 1.19. The van der Waals surface area contributed by atoms with E-state index in [9.17, 15) is 0 Å². The molecule has 1 aliphatic rings. The van der Waals surface area contributed by atoms with Crippen molar-refractivity contribution in [1.29, 1.82) is 0 Å². The van der Waals surface area contributed by atoms with Gasteiger partial charge in [0.15, 0.2) is 0 Å². The molecule has 0 radical (unpaired) electrons. The molecule has 3 nitrogen and oxygen atoms in total. The second-order valence-corrected chi connectivity index (χ2v) is 5.98. The monoisotopic (exact) mass is 277 g/mol. The highest BCUT2D eigenvalue weighted by Crippen LogP contribution is 2.35. The maximum atomic E-state index is 6.07. The van der Waals surface area contributed by atoms with Gasteiger partial charge < -0.3 is 9.88 Å². The molecule has 4 heteroatoms. The summed E-state index contributed by atoms with van der Waals surface area (Å²) in [4.78, 5) is 4.88. The summed E-state index contributed by atoms with van der Waals surface area (Å²) in [6, 6.07) is 5.96. The number of aryl methyl sites for hydroxylation is 1. The maximum absolute atomic E-state index is 6.07. The maximum Gasteiger partial charge on any atom is 0.117 e. The van der Waals surface area contributed by atoms with Crippen molar-refractivity contribution in [2.45, 2.75) is 31.6 Å². The van der Waals surface area contributed by atoms with Crippen LogP contribution < -0.4 is 5.32 Å². The van der Waals surface area contributed by atoms with Crippen LogP contribution in [0.5, 0.6) is 0 Å². The molecule has 102 valence electrons. The summed E-state index contributed by atoms with van der Waals surface area (Å²) >= 11 is 6.07. The Balaban J connectivity index is 2.15. The average molecular weight is 278 g/mol. The second-order valence-electron chi connectivity index (χ2n) is 5.54. The molecular weight excluding hydrogens is 258 g/mol. The Kier molecular flexibility index (Phi) is 3.27. The van der Waals surface area contributed by atoms with Crippen molar-refractivity contribution < 1.29 is 0 Å². The first kappa shape index (κ1) is 12.9. The van der Waals surface area contributed by atoms with Gasteiger partial charge in [-0.1, -0.05) is 18.5 Å². The number of benzene rings is 1. The molecule has 1 saturated heterocycles. The number of aromatic nitrogens is 2. The third-order valence-corrected chi connectivity index (χ3v) is 4.70. The first-order valence-electron chi connectivity index (χ1n) is 6.99. The number of nitrogens with one attached hydrogen (secondary N) is 1. The molecular formula is C15H20ClN3. The predicted molar refractivity (Wildman–Crippen MR) is 79.8 cm³/mol. The van der Waals surface area contributed by atoms with Crippen LogP contribution in [0.4, 0.5) is 0 Å². The number of piperidine rings is 1. The molecule has 0 spiro atoms. The highest BCUT2D eigenvalue weighted by molar-refractivity contribution is 6.31. The first-order chi connectivity index (χ1) is 9.16. The van der Waals surface area contributed by atoms with Crippen molar-refractivity contribution >= 4 is 22.6 Å². The molecule has 1 unspecified atom stereocenters. The van der Waals surface area contributed by atoms with E-state index in [1.54, 1.807) is 0 Å². The van der Waals surface area contributed by atoms with Crippen molar-refractivity contribution in [2.24, 2.45) is 7.05 Å². The topological polar surface area (TPSA) is 29.9 Å². The van der Waals surface area contributed by atoms with Gasteiger partial charge in [0.25, 0.3) is 0 Å². The van der Waals surface area contributed by atoms with Crippen LogP contribution in [-0.2, 0) is 12.5 Å². The molecule has 0 saturated carbocycles. The van der Waals surface area contributed by atoms with Crippen LogP contribution in [0.1, 0.15) is 32.0 Å². The van der Waals surface area contributed by atoms with Crippen LogP contribution in [0.3, 0.4) is 0 Å². The lowest BCUT2D eigenvalue weighted by Gasteiger charge is -2.36. The molecule has 1 atom stereocenters. The minimum absolute atomic E-state index is 0.165.